The molecule has 0 heterocycles. The van der Waals surface area contributed by atoms with Gasteiger partial charge in [0, 0.05) is 18.7 Å². The highest BCUT2D eigenvalue weighted by Crippen LogP contribution is 2.51. The SMILES string of the molecule is CC1(C)CC1CNS(=O)(=O)c1ccc([N+](=O)[O-])cc1NN. The second kappa shape index (κ2) is 5.24. The number of anilines is 1. The van der Waals surface area contributed by atoms with Gasteiger partial charge in [0.1, 0.15) is 4.90 Å². The molecule has 9 heteroatoms. The maximum Gasteiger partial charge on any atom is 0.271 e. The molecule has 1 atom stereocenters. The largest absolute Gasteiger partial charge is 0.323 e. The summed E-state index contributed by atoms with van der Waals surface area (Å²) in [4.78, 5) is 9.98. The van der Waals surface area contributed by atoms with Gasteiger partial charge in [-0.2, -0.15) is 0 Å². The lowest BCUT2D eigenvalue weighted by Gasteiger charge is -2.11. The summed E-state index contributed by atoms with van der Waals surface area (Å²) < 4.78 is 27.0. The summed E-state index contributed by atoms with van der Waals surface area (Å²) in [6.45, 7) is 4.49. The third kappa shape index (κ3) is 3.31. The summed E-state index contributed by atoms with van der Waals surface area (Å²) >= 11 is 0. The van der Waals surface area contributed by atoms with Gasteiger partial charge in [-0.1, -0.05) is 13.8 Å². The Morgan fingerprint density at radius 1 is 1.48 bits per heavy atom. The van der Waals surface area contributed by atoms with Crippen molar-refractivity contribution in [3.63, 3.8) is 0 Å². The van der Waals surface area contributed by atoms with E-state index in [0.29, 0.717) is 12.5 Å². The molecule has 1 fully saturated rings. The van der Waals surface area contributed by atoms with Crippen molar-refractivity contribution in [3.8, 4) is 0 Å². The second-order valence-electron chi connectivity index (χ2n) is 5.82. The van der Waals surface area contributed by atoms with E-state index < -0.39 is 14.9 Å². The fraction of sp³-hybridized carbons (Fsp3) is 0.500. The molecular weight excluding hydrogens is 296 g/mol. The van der Waals surface area contributed by atoms with Gasteiger partial charge in [-0.3, -0.25) is 16.0 Å². The number of nitro groups is 1. The van der Waals surface area contributed by atoms with Gasteiger partial charge >= 0.3 is 0 Å². The minimum Gasteiger partial charge on any atom is -0.323 e. The topological polar surface area (TPSA) is 127 Å². The normalized spacial score (nSPS) is 20.0. The number of nitrogen functional groups attached to an aromatic ring is 1. The van der Waals surface area contributed by atoms with E-state index in [1.165, 1.54) is 6.07 Å². The van der Waals surface area contributed by atoms with E-state index in [4.69, 9.17) is 5.84 Å². The fourth-order valence-corrected chi connectivity index (χ4v) is 3.42. The van der Waals surface area contributed by atoms with Crippen molar-refractivity contribution in [3.05, 3.63) is 28.3 Å². The summed E-state index contributed by atoms with van der Waals surface area (Å²) in [6.07, 6.45) is 0.970. The number of hydrogen-bond acceptors (Lipinski definition) is 6. The number of nitrogens with one attached hydrogen (secondary N) is 2. The molecule has 1 aliphatic carbocycles. The van der Waals surface area contributed by atoms with Gasteiger partial charge in [0.05, 0.1) is 10.6 Å². The Kier molecular flexibility index (Phi) is 3.91. The van der Waals surface area contributed by atoms with Crippen LogP contribution in [0.25, 0.3) is 0 Å². The molecule has 8 nitrogen and oxygen atoms in total. The Labute approximate surface area is 122 Å². The molecule has 116 valence electrons. The number of benzene rings is 1. The molecule has 0 radical (unpaired) electrons. The zero-order chi connectivity index (χ0) is 15.8. The van der Waals surface area contributed by atoms with Crippen molar-refractivity contribution in [2.45, 2.75) is 25.2 Å². The number of rotatable bonds is 6. The Balaban J connectivity index is 2.21. The van der Waals surface area contributed by atoms with Crippen LogP contribution in [0.15, 0.2) is 23.1 Å². The Bertz CT molecular complexity index is 672. The van der Waals surface area contributed by atoms with Crippen LogP contribution in [0.3, 0.4) is 0 Å². The zero-order valence-electron chi connectivity index (χ0n) is 11.8. The number of non-ortho nitro benzene ring substituents is 1. The third-order valence-electron chi connectivity index (χ3n) is 3.86. The van der Waals surface area contributed by atoms with E-state index in [1.54, 1.807) is 0 Å². The van der Waals surface area contributed by atoms with E-state index in [-0.39, 0.29) is 21.7 Å². The van der Waals surface area contributed by atoms with Crippen LogP contribution in [-0.2, 0) is 10.0 Å². The molecule has 21 heavy (non-hydrogen) atoms. The van der Waals surface area contributed by atoms with Crippen molar-refractivity contribution in [1.82, 2.24) is 4.72 Å². The molecule has 1 saturated carbocycles. The van der Waals surface area contributed by atoms with Crippen molar-refractivity contribution in [1.29, 1.82) is 0 Å². The summed E-state index contributed by atoms with van der Waals surface area (Å²) in [5.41, 5.74) is 2.11. The lowest BCUT2D eigenvalue weighted by molar-refractivity contribution is -0.384. The van der Waals surface area contributed by atoms with E-state index in [2.05, 4.69) is 24.0 Å². The molecule has 0 amide bonds. The molecule has 1 aromatic rings. The second-order valence-corrected chi connectivity index (χ2v) is 7.56. The van der Waals surface area contributed by atoms with Gasteiger partial charge in [0.15, 0.2) is 0 Å². The average molecular weight is 314 g/mol. The fourth-order valence-electron chi connectivity index (χ4n) is 2.19. The summed E-state index contributed by atoms with van der Waals surface area (Å²) in [5.74, 6) is 5.57. The monoisotopic (exact) mass is 314 g/mol. The molecule has 4 N–H and O–H groups in total. The van der Waals surface area contributed by atoms with Crippen molar-refractivity contribution in [2.24, 2.45) is 17.2 Å². The van der Waals surface area contributed by atoms with Crippen LogP contribution in [0.5, 0.6) is 0 Å². The van der Waals surface area contributed by atoms with E-state index >= 15 is 0 Å². The van der Waals surface area contributed by atoms with E-state index in [0.717, 1.165) is 18.6 Å². The molecular formula is C12H18N4O4S. The lowest BCUT2D eigenvalue weighted by Crippen LogP contribution is -2.28. The molecule has 0 aliphatic heterocycles. The molecule has 0 aromatic heterocycles. The van der Waals surface area contributed by atoms with Crippen LogP contribution in [-0.4, -0.2) is 19.9 Å². The maximum absolute atomic E-state index is 12.3. The van der Waals surface area contributed by atoms with Crippen LogP contribution in [0.2, 0.25) is 0 Å². The Hall–Kier alpha value is -1.71. The molecule has 0 spiro atoms. The summed E-state index contributed by atoms with van der Waals surface area (Å²) in [7, 11) is -3.77. The van der Waals surface area contributed by atoms with E-state index in [9.17, 15) is 18.5 Å². The highest BCUT2D eigenvalue weighted by molar-refractivity contribution is 7.89. The third-order valence-corrected chi connectivity index (χ3v) is 5.34. The number of nitrogens with two attached hydrogens (primary N) is 1. The van der Waals surface area contributed by atoms with Crippen LogP contribution in [0.1, 0.15) is 20.3 Å². The summed E-state index contributed by atoms with van der Waals surface area (Å²) in [6, 6.07) is 3.40. The molecule has 1 aliphatic rings. The summed E-state index contributed by atoms with van der Waals surface area (Å²) in [5, 5.41) is 10.7. The number of nitro benzene ring substituents is 1. The standard InChI is InChI=1S/C12H18N4O4S/c1-12(2)6-8(12)7-14-21(19,20)11-4-3-9(16(17)18)5-10(11)15-13/h3-5,8,14-15H,6-7,13H2,1-2H3. The van der Waals surface area contributed by atoms with Gasteiger partial charge in [-0.05, 0) is 23.8 Å². The first-order valence-corrected chi connectivity index (χ1v) is 7.90. The molecule has 0 saturated heterocycles. The van der Waals surface area contributed by atoms with Crippen molar-refractivity contribution < 1.29 is 13.3 Å². The van der Waals surface area contributed by atoms with Gasteiger partial charge in [-0.15, -0.1) is 0 Å². The zero-order valence-corrected chi connectivity index (χ0v) is 12.6. The minimum absolute atomic E-state index is 0.00763. The first-order chi connectivity index (χ1) is 9.67. The predicted molar refractivity (Wildman–Crippen MR) is 78.0 cm³/mol. The minimum atomic E-state index is -3.77. The Morgan fingerprint density at radius 3 is 2.57 bits per heavy atom. The van der Waals surface area contributed by atoms with Crippen LogP contribution in [0.4, 0.5) is 11.4 Å². The number of hydrazine groups is 1. The highest BCUT2D eigenvalue weighted by Gasteiger charge is 2.45. The quantitative estimate of drug-likeness (QED) is 0.411. The number of hydrogen-bond donors (Lipinski definition) is 3. The molecule has 1 unspecified atom stereocenters. The number of nitrogens with zero attached hydrogens (tertiary/aromatic N) is 1. The van der Waals surface area contributed by atoms with E-state index in [1.807, 2.05) is 0 Å². The van der Waals surface area contributed by atoms with Gasteiger partial charge in [0.25, 0.3) is 5.69 Å². The first-order valence-electron chi connectivity index (χ1n) is 6.42. The van der Waals surface area contributed by atoms with Crippen molar-refractivity contribution in [2.75, 3.05) is 12.0 Å². The van der Waals surface area contributed by atoms with Crippen LogP contribution >= 0.6 is 0 Å². The van der Waals surface area contributed by atoms with Gasteiger partial charge in [0.2, 0.25) is 10.0 Å². The smallest absolute Gasteiger partial charge is 0.271 e. The van der Waals surface area contributed by atoms with Crippen molar-refractivity contribution >= 4 is 21.4 Å². The first kappa shape index (κ1) is 15.7. The average Bonchev–Trinajstić information content (AvgIpc) is 3.03. The van der Waals surface area contributed by atoms with Crippen LogP contribution < -0.4 is 16.0 Å². The van der Waals surface area contributed by atoms with Gasteiger partial charge in [-0.25, -0.2) is 13.1 Å². The maximum atomic E-state index is 12.3. The highest BCUT2D eigenvalue weighted by atomic mass is 32.2. The molecule has 0 bridgehead atoms. The molecule has 2 rings (SSSR count). The predicted octanol–water partition coefficient (Wildman–Crippen LogP) is 1.20. The van der Waals surface area contributed by atoms with Crippen LogP contribution in [0, 0.1) is 21.4 Å². The molecule has 1 aromatic carbocycles. The Morgan fingerprint density at radius 2 is 2.10 bits per heavy atom. The lowest BCUT2D eigenvalue weighted by atomic mass is 10.1. The van der Waals surface area contributed by atoms with Gasteiger partial charge < -0.3 is 5.43 Å². The number of sulfonamides is 1.